The summed E-state index contributed by atoms with van der Waals surface area (Å²) >= 11 is 0. The minimum absolute atomic E-state index is 0.0412. The molecule has 1 aromatic rings. The lowest BCUT2D eigenvalue weighted by Gasteiger charge is -2.33. The summed E-state index contributed by atoms with van der Waals surface area (Å²) in [7, 11) is 0. The Balaban J connectivity index is 1.87. The number of ether oxygens (including phenoxy) is 1. The molecule has 1 aliphatic heterocycles. The van der Waals surface area contributed by atoms with E-state index in [9.17, 15) is 4.79 Å². The van der Waals surface area contributed by atoms with Gasteiger partial charge in [0.2, 0.25) is 11.8 Å². The van der Waals surface area contributed by atoms with E-state index >= 15 is 0 Å². The molecule has 0 N–H and O–H groups in total. The number of amides is 1. The van der Waals surface area contributed by atoms with Crippen molar-refractivity contribution in [2.45, 2.75) is 45.6 Å². The van der Waals surface area contributed by atoms with E-state index in [1.165, 1.54) is 6.33 Å². The SMILES string of the molecule is CCC(C)CC(=O)N1CCCC(Oc2ccncn2)C1. The number of carbonyl (C=O) groups is 1. The van der Waals surface area contributed by atoms with Crippen LogP contribution in [0.25, 0.3) is 0 Å². The molecule has 5 heteroatoms. The monoisotopic (exact) mass is 277 g/mol. The molecule has 0 saturated carbocycles. The molecule has 1 fully saturated rings. The van der Waals surface area contributed by atoms with Crippen LogP contribution in [0.4, 0.5) is 0 Å². The van der Waals surface area contributed by atoms with E-state index in [0.717, 1.165) is 25.8 Å². The van der Waals surface area contributed by atoms with Crippen molar-refractivity contribution in [3.8, 4) is 5.88 Å². The number of rotatable bonds is 5. The zero-order valence-corrected chi connectivity index (χ0v) is 12.3. The Kier molecular flexibility index (Phi) is 5.32. The van der Waals surface area contributed by atoms with E-state index in [1.807, 2.05) is 4.90 Å². The van der Waals surface area contributed by atoms with Crippen molar-refractivity contribution in [2.24, 2.45) is 5.92 Å². The van der Waals surface area contributed by atoms with E-state index in [-0.39, 0.29) is 12.0 Å². The first-order chi connectivity index (χ1) is 9.69. The van der Waals surface area contributed by atoms with Crippen molar-refractivity contribution in [2.75, 3.05) is 13.1 Å². The lowest BCUT2D eigenvalue weighted by atomic mass is 10.0. The third kappa shape index (κ3) is 4.18. The number of carbonyl (C=O) groups excluding carboxylic acids is 1. The molecule has 110 valence electrons. The summed E-state index contributed by atoms with van der Waals surface area (Å²) in [6.45, 7) is 5.75. The highest BCUT2D eigenvalue weighted by atomic mass is 16.5. The minimum atomic E-state index is 0.0412. The van der Waals surface area contributed by atoms with Crippen molar-refractivity contribution in [1.82, 2.24) is 14.9 Å². The van der Waals surface area contributed by atoms with Crippen molar-refractivity contribution in [1.29, 1.82) is 0 Å². The summed E-state index contributed by atoms with van der Waals surface area (Å²) < 4.78 is 5.82. The number of nitrogens with zero attached hydrogens (tertiary/aromatic N) is 3. The summed E-state index contributed by atoms with van der Waals surface area (Å²) in [5.74, 6) is 1.28. The summed E-state index contributed by atoms with van der Waals surface area (Å²) in [5.41, 5.74) is 0. The highest BCUT2D eigenvalue weighted by Crippen LogP contribution is 2.18. The van der Waals surface area contributed by atoms with Gasteiger partial charge in [-0.1, -0.05) is 20.3 Å². The first kappa shape index (κ1) is 14.8. The van der Waals surface area contributed by atoms with Gasteiger partial charge in [0, 0.05) is 25.2 Å². The third-order valence-electron chi connectivity index (χ3n) is 3.79. The van der Waals surface area contributed by atoms with Crippen LogP contribution in [0, 0.1) is 5.92 Å². The quantitative estimate of drug-likeness (QED) is 0.828. The summed E-state index contributed by atoms with van der Waals surface area (Å²) in [5, 5.41) is 0. The van der Waals surface area contributed by atoms with Gasteiger partial charge >= 0.3 is 0 Å². The zero-order chi connectivity index (χ0) is 14.4. The summed E-state index contributed by atoms with van der Waals surface area (Å²) in [6.07, 6.45) is 6.82. The molecular formula is C15H23N3O2. The van der Waals surface area contributed by atoms with Crippen molar-refractivity contribution >= 4 is 5.91 Å². The fourth-order valence-electron chi connectivity index (χ4n) is 2.35. The van der Waals surface area contributed by atoms with Crippen LogP contribution in [0.2, 0.25) is 0 Å². The molecule has 20 heavy (non-hydrogen) atoms. The van der Waals surface area contributed by atoms with Gasteiger partial charge in [-0.25, -0.2) is 9.97 Å². The van der Waals surface area contributed by atoms with E-state index in [4.69, 9.17) is 4.74 Å². The van der Waals surface area contributed by atoms with Gasteiger partial charge < -0.3 is 9.64 Å². The fourth-order valence-corrected chi connectivity index (χ4v) is 2.35. The van der Waals surface area contributed by atoms with Crippen molar-refractivity contribution in [3.63, 3.8) is 0 Å². The number of piperidine rings is 1. The van der Waals surface area contributed by atoms with Crippen LogP contribution in [0.1, 0.15) is 39.5 Å². The molecule has 2 rings (SSSR count). The van der Waals surface area contributed by atoms with Gasteiger partial charge in [-0.05, 0) is 18.8 Å². The van der Waals surface area contributed by atoms with Gasteiger partial charge in [0.05, 0.1) is 6.54 Å². The van der Waals surface area contributed by atoms with Crippen LogP contribution in [-0.2, 0) is 4.79 Å². The highest BCUT2D eigenvalue weighted by molar-refractivity contribution is 5.76. The van der Waals surface area contributed by atoms with E-state index in [2.05, 4.69) is 23.8 Å². The Morgan fingerprint density at radius 1 is 1.60 bits per heavy atom. The highest BCUT2D eigenvalue weighted by Gasteiger charge is 2.25. The normalized spacial score (nSPS) is 20.5. The molecule has 0 radical (unpaired) electrons. The van der Waals surface area contributed by atoms with Crippen LogP contribution in [0.15, 0.2) is 18.6 Å². The average Bonchev–Trinajstić information content (AvgIpc) is 2.48. The Morgan fingerprint density at radius 2 is 2.45 bits per heavy atom. The second kappa shape index (κ2) is 7.22. The molecule has 1 aliphatic rings. The average molecular weight is 277 g/mol. The van der Waals surface area contributed by atoms with Crippen LogP contribution in [0.5, 0.6) is 5.88 Å². The van der Waals surface area contributed by atoms with E-state index in [1.54, 1.807) is 12.3 Å². The molecule has 2 unspecified atom stereocenters. The lowest BCUT2D eigenvalue weighted by molar-refractivity contribution is -0.134. The molecule has 0 aliphatic carbocycles. The molecule has 0 bridgehead atoms. The van der Waals surface area contributed by atoms with Gasteiger partial charge in [-0.15, -0.1) is 0 Å². The van der Waals surface area contributed by atoms with Gasteiger partial charge in [-0.3, -0.25) is 4.79 Å². The smallest absolute Gasteiger partial charge is 0.222 e. The zero-order valence-electron chi connectivity index (χ0n) is 12.3. The van der Waals surface area contributed by atoms with Crippen LogP contribution < -0.4 is 4.74 Å². The Bertz CT molecular complexity index is 424. The number of hydrogen-bond acceptors (Lipinski definition) is 4. The maximum atomic E-state index is 12.2. The molecule has 1 saturated heterocycles. The molecule has 1 aromatic heterocycles. The van der Waals surface area contributed by atoms with Gasteiger partial charge in [-0.2, -0.15) is 0 Å². The molecular weight excluding hydrogens is 254 g/mol. The third-order valence-corrected chi connectivity index (χ3v) is 3.79. The fraction of sp³-hybridized carbons (Fsp3) is 0.667. The molecule has 1 amide bonds. The molecule has 5 nitrogen and oxygen atoms in total. The van der Waals surface area contributed by atoms with Crippen LogP contribution in [0.3, 0.4) is 0 Å². The molecule has 0 aromatic carbocycles. The maximum Gasteiger partial charge on any atom is 0.222 e. The van der Waals surface area contributed by atoms with Gasteiger partial charge in [0.25, 0.3) is 0 Å². The maximum absolute atomic E-state index is 12.2. The molecule has 2 atom stereocenters. The second-order valence-electron chi connectivity index (χ2n) is 5.49. The van der Waals surface area contributed by atoms with Crippen molar-refractivity contribution in [3.05, 3.63) is 18.6 Å². The topological polar surface area (TPSA) is 55.3 Å². The van der Waals surface area contributed by atoms with Gasteiger partial charge in [0.15, 0.2) is 0 Å². The van der Waals surface area contributed by atoms with E-state index < -0.39 is 0 Å². The second-order valence-corrected chi connectivity index (χ2v) is 5.49. The lowest BCUT2D eigenvalue weighted by Crippen LogP contribution is -2.44. The standard InChI is InChI=1S/C15H23N3O2/c1-3-12(2)9-15(19)18-8-4-5-13(10-18)20-14-6-7-16-11-17-14/h6-7,11-13H,3-5,8-10H2,1-2H3. The largest absolute Gasteiger partial charge is 0.472 e. The Hall–Kier alpha value is -1.65. The predicted molar refractivity (Wildman–Crippen MR) is 76.3 cm³/mol. The Labute approximate surface area is 120 Å². The number of hydrogen-bond donors (Lipinski definition) is 0. The van der Waals surface area contributed by atoms with Crippen LogP contribution in [-0.4, -0.2) is 40.0 Å². The molecule has 0 spiro atoms. The predicted octanol–water partition coefficient (Wildman–Crippen LogP) is 2.28. The van der Waals surface area contributed by atoms with Gasteiger partial charge in [0.1, 0.15) is 12.4 Å². The minimum Gasteiger partial charge on any atom is -0.472 e. The summed E-state index contributed by atoms with van der Waals surface area (Å²) in [4.78, 5) is 22.1. The number of likely N-dealkylation sites (tertiary alicyclic amines) is 1. The van der Waals surface area contributed by atoms with Crippen LogP contribution >= 0.6 is 0 Å². The number of aromatic nitrogens is 2. The molecule has 2 heterocycles. The van der Waals surface area contributed by atoms with Crippen molar-refractivity contribution < 1.29 is 9.53 Å². The Morgan fingerprint density at radius 3 is 3.15 bits per heavy atom. The summed E-state index contributed by atoms with van der Waals surface area (Å²) in [6, 6.07) is 1.75. The first-order valence-electron chi connectivity index (χ1n) is 7.39. The first-order valence-corrected chi connectivity index (χ1v) is 7.39. The van der Waals surface area contributed by atoms with E-state index in [0.29, 0.717) is 24.8 Å².